The lowest BCUT2D eigenvalue weighted by Gasteiger charge is -2.26. The summed E-state index contributed by atoms with van der Waals surface area (Å²) in [5.74, 6) is -4.22. The largest absolute Gasteiger partial charge is 0.481 e. The van der Waals surface area contributed by atoms with Crippen LogP contribution in [0.15, 0.2) is 30.3 Å². The van der Waals surface area contributed by atoms with Crippen LogP contribution in [0.5, 0.6) is 0 Å². The van der Waals surface area contributed by atoms with Gasteiger partial charge < -0.3 is 31.9 Å². The lowest BCUT2D eigenvalue weighted by atomic mass is 9.99. The van der Waals surface area contributed by atoms with Crippen molar-refractivity contribution in [2.24, 2.45) is 17.6 Å². The molecule has 37 heavy (non-hydrogen) atoms. The highest BCUT2D eigenvalue weighted by Crippen LogP contribution is 2.10. The second-order valence-corrected chi connectivity index (χ2v) is 10.0. The zero-order valence-electron chi connectivity index (χ0n) is 21.9. The van der Waals surface area contributed by atoms with Crippen molar-refractivity contribution >= 4 is 29.7 Å². The van der Waals surface area contributed by atoms with Gasteiger partial charge in [-0.2, -0.15) is 0 Å². The van der Waals surface area contributed by atoms with Crippen LogP contribution in [0.2, 0.25) is 0 Å². The van der Waals surface area contributed by atoms with Crippen molar-refractivity contribution in [3.63, 3.8) is 0 Å². The van der Waals surface area contributed by atoms with Crippen LogP contribution < -0.4 is 21.7 Å². The van der Waals surface area contributed by atoms with Gasteiger partial charge in [0, 0.05) is 12.8 Å². The topological polar surface area (TPSA) is 188 Å². The predicted octanol–water partition coefficient (Wildman–Crippen LogP) is 1.05. The Morgan fingerprint density at radius 1 is 0.757 bits per heavy atom. The van der Waals surface area contributed by atoms with Crippen LogP contribution in [0.25, 0.3) is 0 Å². The van der Waals surface area contributed by atoms with Crippen LogP contribution in [0.3, 0.4) is 0 Å². The molecule has 4 unspecified atom stereocenters. The quantitative estimate of drug-likeness (QED) is 0.186. The van der Waals surface area contributed by atoms with Crippen LogP contribution in [-0.2, 0) is 30.4 Å². The number of hydrogen-bond acceptors (Lipinski definition) is 6. The number of benzene rings is 1. The Kier molecular flexibility index (Phi) is 13.3. The van der Waals surface area contributed by atoms with Crippen LogP contribution in [0.1, 0.15) is 58.9 Å². The zero-order chi connectivity index (χ0) is 28.1. The van der Waals surface area contributed by atoms with Crippen LogP contribution >= 0.6 is 0 Å². The first-order valence-corrected chi connectivity index (χ1v) is 12.4. The van der Waals surface area contributed by atoms with E-state index in [9.17, 15) is 29.1 Å². The fraction of sp³-hybridized carbons (Fsp3) is 0.577. The Bertz CT molecular complexity index is 921. The van der Waals surface area contributed by atoms with E-state index in [4.69, 9.17) is 10.8 Å². The van der Waals surface area contributed by atoms with Gasteiger partial charge >= 0.3 is 11.9 Å². The minimum atomic E-state index is -1.45. The molecule has 0 spiro atoms. The summed E-state index contributed by atoms with van der Waals surface area (Å²) in [6.45, 7) is 7.63. The van der Waals surface area contributed by atoms with Crippen LogP contribution in [0.4, 0.5) is 0 Å². The van der Waals surface area contributed by atoms with E-state index in [1.807, 2.05) is 27.7 Å². The van der Waals surface area contributed by atoms with E-state index in [2.05, 4.69) is 16.0 Å². The molecule has 0 saturated carbocycles. The molecule has 0 aliphatic rings. The molecule has 4 atom stereocenters. The van der Waals surface area contributed by atoms with E-state index in [0.717, 1.165) is 0 Å². The summed E-state index contributed by atoms with van der Waals surface area (Å²) < 4.78 is 0. The van der Waals surface area contributed by atoms with E-state index in [0.29, 0.717) is 18.4 Å². The Labute approximate surface area is 217 Å². The average Bonchev–Trinajstić information content (AvgIpc) is 2.80. The van der Waals surface area contributed by atoms with Gasteiger partial charge in [-0.3, -0.25) is 19.2 Å². The molecular weight excluding hydrogens is 480 g/mol. The van der Waals surface area contributed by atoms with E-state index < -0.39 is 60.2 Å². The van der Waals surface area contributed by atoms with Gasteiger partial charge in [-0.15, -0.1) is 0 Å². The molecule has 1 aromatic rings. The lowest BCUT2D eigenvalue weighted by Crippen LogP contribution is -2.58. The molecule has 0 radical (unpaired) electrons. The number of carboxylic acids is 2. The summed E-state index contributed by atoms with van der Waals surface area (Å²) in [5.41, 5.74) is 6.69. The summed E-state index contributed by atoms with van der Waals surface area (Å²) in [6, 6.07) is 4.45. The van der Waals surface area contributed by atoms with Crippen LogP contribution in [-0.4, -0.2) is 64.0 Å². The van der Waals surface area contributed by atoms with Crippen molar-refractivity contribution in [2.45, 2.75) is 84.0 Å². The van der Waals surface area contributed by atoms with Gasteiger partial charge in [0.2, 0.25) is 17.7 Å². The molecule has 0 fully saturated rings. The average molecular weight is 521 g/mol. The standard InChI is InChI=1S/C26H40N4O7/c1-15(2)12-18(27)23(33)29-20(13-16(3)4)24(34)30-21(14-17-8-6-5-7-9-17)25(35)28-19(26(36)37)10-11-22(31)32/h5-9,15-16,18-21H,10-14,27H2,1-4H3,(H,28,35)(H,29,33)(H,30,34)(H,31,32)(H,36,37). The highest BCUT2D eigenvalue weighted by atomic mass is 16.4. The summed E-state index contributed by atoms with van der Waals surface area (Å²) in [7, 11) is 0. The van der Waals surface area contributed by atoms with E-state index in [1.165, 1.54) is 0 Å². The van der Waals surface area contributed by atoms with E-state index in [-0.39, 0.29) is 24.7 Å². The molecule has 11 nitrogen and oxygen atoms in total. The minimum absolute atomic E-state index is 0.0335. The number of rotatable bonds is 16. The first-order valence-electron chi connectivity index (χ1n) is 12.4. The molecule has 1 rings (SSSR count). The number of carboxylic acid groups (broad SMARTS) is 2. The molecule has 0 saturated heterocycles. The predicted molar refractivity (Wildman–Crippen MR) is 137 cm³/mol. The summed E-state index contributed by atoms with van der Waals surface area (Å²) in [5, 5.41) is 26.0. The number of carbonyl (C=O) groups excluding carboxylic acids is 3. The summed E-state index contributed by atoms with van der Waals surface area (Å²) in [6.07, 6.45) is 0.0168. The second kappa shape index (κ2) is 15.6. The molecule has 11 heteroatoms. The van der Waals surface area contributed by atoms with Crippen LogP contribution in [0, 0.1) is 11.8 Å². The molecule has 206 valence electrons. The maximum Gasteiger partial charge on any atom is 0.326 e. The van der Waals surface area contributed by atoms with Crippen molar-refractivity contribution in [1.29, 1.82) is 0 Å². The Morgan fingerprint density at radius 2 is 1.27 bits per heavy atom. The lowest BCUT2D eigenvalue weighted by molar-refractivity contribution is -0.143. The van der Waals surface area contributed by atoms with Gasteiger partial charge in [0.25, 0.3) is 0 Å². The maximum absolute atomic E-state index is 13.3. The molecule has 3 amide bonds. The minimum Gasteiger partial charge on any atom is -0.481 e. The molecule has 0 aliphatic carbocycles. The molecule has 7 N–H and O–H groups in total. The maximum atomic E-state index is 13.3. The first kappa shape index (κ1) is 31.6. The van der Waals surface area contributed by atoms with Gasteiger partial charge in [-0.25, -0.2) is 4.79 Å². The second-order valence-electron chi connectivity index (χ2n) is 10.0. The smallest absolute Gasteiger partial charge is 0.326 e. The first-order chi connectivity index (χ1) is 17.3. The molecule has 0 bridgehead atoms. The SMILES string of the molecule is CC(C)CC(N)C(=O)NC(CC(C)C)C(=O)NC(Cc1ccccc1)C(=O)NC(CCC(=O)O)C(=O)O. The molecule has 1 aromatic carbocycles. The number of nitrogens with one attached hydrogen (secondary N) is 3. The Hall–Kier alpha value is -3.47. The van der Waals surface area contributed by atoms with Crippen molar-refractivity contribution in [3.8, 4) is 0 Å². The number of hydrogen-bond donors (Lipinski definition) is 6. The molecular formula is C26H40N4O7. The van der Waals surface area contributed by atoms with E-state index in [1.54, 1.807) is 30.3 Å². The van der Waals surface area contributed by atoms with Gasteiger partial charge in [0.05, 0.1) is 6.04 Å². The summed E-state index contributed by atoms with van der Waals surface area (Å²) in [4.78, 5) is 61.4. The normalized spacial score (nSPS) is 14.4. The highest BCUT2D eigenvalue weighted by molar-refractivity contribution is 5.94. The van der Waals surface area contributed by atoms with Gasteiger partial charge in [0.15, 0.2) is 0 Å². The Morgan fingerprint density at radius 3 is 1.78 bits per heavy atom. The fourth-order valence-corrected chi connectivity index (χ4v) is 3.73. The van der Waals surface area contributed by atoms with E-state index >= 15 is 0 Å². The number of amides is 3. The number of aliphatic carboxylic acids is 2. The monoisotopic (exact) mass is 520 g/mol. The zero-order valence-corrected chi connectivity index (χ0v) is 21.9. The number of carbonyl (C=O) groups is 5. The van der Waals surface area contributed by atoms with Crippen molar-refractivity contribution in [1.82, 2.24) is 16.0 Å². The third-order valence-electron chi connectivity index (χ3n) is 5.58. The third kappa shape index (κ3) is 12.4. The molecule has 0 heterocycles. The van der Waals surface area contributed by atoms with Crippen molar-refractivity contribution in [3.05, 3.63) is 35.9 Å². The van der Waals surface area contributed by atoms with Gasteiger partial charge in [-0.05, 0) is 36.7 Å². The molecule has 0 aliphatic heterocycles. The highest BCUT2D eigenvalue weighted by Gasteiger charge is 2.31. The summed E-state index contributed by atoms with van der Waals surface area (Å²) >= 11 is 0. The third-order valence-corrected chi connectivity index (χ3v) is 5.58. The van der Waals surface area contributed by atoms with Gasteiger partial charge in [-0.1, -0.05) is 58.0 Å². The number of nitrogens with two attached hydrogens (primary N) is 1. The van der Waals surface area contributed by atoms with Gasteiger partial charge in [0.1, 0.15) is 18.1 Å². The molecule has 0 aromatic heterocycles. The Balaban J connectivity index is 3.11. The van der Waals surface area contributed by atoms with Crippen molar-refractivity contribution < 1.29 is 34.2 Å². The fourth-order valence-electron chi connectivity index (χ4n) is 3.73. The van der Waals surface area contributed by atoms with Crippen molar-refractivity contribution in [2.75, 3.05) is 0 Å².